The van der Waals surface area contributed by atoms with E-state index in [4.69, 9.17) is 0 Å². The summed E-state index contributed by atoms with van der Waals surface area (Å²) in [5.74, 6) is 1.05. The van der Waals surface area contributed by atoms with Crippen LogP contribution in [-0.2, 0) is 5.41 Å². The Morgan fingerprint density at radius 1 is 0.553 bits per heavy atom. The molecule has 0 spiro atoms. The summed E-state index contributed by atoms with van der Waals surface area (Å²) >= 11 is 0. The van der Waals surface area contributed by atoms with Gasteiger partial charge in [-0.25, -0.2) is 0 Å². The van der Waals surface area contributed by atoms with Gasteiger partial charge in [0.1, 0.15) is 0 Å². The average molecular weight is 522 g/mol. The first-order valence-electron chi connectivity index (χ1n) is 14.4. The first kappa shape index (κ1) is 38.0. The summed E-state index contributed by atoms with van der Waals surface area (Å²) in [4.78, 5) is 3.78. The van der Waals surface area contributed by atoms with Crippen molar-refractivity contribution in [1.82, 2.24) is 4.98 Å². The second-order valence-corrected chi connectivity index (χ2v) is 15.4. The van der Waals surface area contributed by atoms with Crippen molar-refractivity contribution in [3.05, 3.63) is 90.8 Å². The third-order valence-electron chi connectivity index (χ3n) is 4.66. The van der Waals surface area contributed by atoms with Crippen molar-refractivity contribution in [3.63, 3.8) is 0 Å². The molecular weight excluding hydrogens is 458 g/mol. The Labute approximate surface area is 239 Å². The van der Waals surface area contributed by atoms with Crippen molar-refractivity contribution in [3.8, 4) is 0 Å². The lowest BCUT2D eigenvalue weighted by Gasteiger charge is -2.18. The van der Waals surface area contributed by atoms with E-state index in [0.717, 1.165) is 12.3 Å². The Morgan fingerprint density at radius 2 is 0.921 bits per heavy atom. The molecule has 1 aromatic heterocycles. The molecule has 38 heavy (non-hydrogen) atoms. The second kappa shape index (κ2) is 19.0. The fourth-order valence-electron chi connectivity index (χ4n) is 2.59. The molecule has 0 saturated heterocycles. The summed E-state index contributed by atoms with van der Waals surface area (Å²) in [5.41, 5.74) is 3.30. The molecule has 4 rings (SSSR count). The quantitative estimate of drug-likeness (QED) is 0.336. The summed E-state index contributed by atoms with van der Waals surface area (Å²) in [6.07, 6.45) is 16.0. The van der Waals surface area contributed by atoms with Crippen molar-refractivity contribution < 1.29 is 0 Å². The zero-order chi connectivity index (χ0) is 29.9. The van der Waals surface area contributed by atoms with Crippen molar-refractivity contribution in [2.24, 2.45) is 22.2 Å². The Balaban J connectivity index is 0. The van der Waals surface area contributed by atoms with E-state index in [9.17, 15) is 0 Å². The van der Waals surface area contributed by atoms with Crippen LogP contribution >= 0.6 is 0 Å². The van der Waals surface area contributed by atoms with Crippen LogP contribution in [0.25, 0.3) is 0 Å². The lowest BCUT2D eigenvalue weighted by Crippen LogP contribution is -2.10. The number of nitrogens with zero attached hydrogens (tertiary/aromatic N) is 1. The van der Waals surface area contributed by atoms with E-state index in [0.29, 0.717) is 21.7 Å². The van der Waals surface area contributed by atoms with Gasteiger partial charge in [-0.1, -0.05) is 158 Å². The number of hydrogen-bond acceptors (Lipinski definition) is 1. The first-order chi connectivity index (χ1) is 17.2. The van der Waals surface area contributed by atoms with Gasteiger partial charge in [-0.05, 0) is 64.5 Å². The van der Waals surface area contributed by atoms with Gasteiger partial charge in [0.2, 0.25) is 0 Å². The van der Waals surface area contributed by atoms with Gasteiger partial charge in [0.25, 0.3) is 0 Å². The molecule has 2 aromatic rings. The average Bonchev–Trinajstić information content (AvgIpc) is 3.47. The maximum absolute atomic E-state index is 3.78. The Bertz CT molecular complexity index is 767. The van der Waals surface area contributed by atoms with Crippen LogP contribution in [0.1, 0.15) is 122 Å². The van der Waals surface area contributed by atoms with Crippen LogP contribution in [0.4, 0.5) is 0 Å². The van der Waals surface area contributed by atoms with Crippen molar-refractivity contribution in [2.75, 3.05) is 0 Å². The molecule has 1 aromatic carbocycles. The molecule has 1 heteroatoms. The number of allylic oxidation sites excluding steroid dienone is 4. The lowest BCUT2D eigenvalue weighted by molar-refractivity contribution is 0.351. The summed E-state index contributed by atoms with van der Waals surface area (Å²) in [7, 11) is 0. The predicted molar refractivity (Wildman–Crippen MR) is 175 cm³/mol. The van der Waals surface area contributed by atoms with E-state index in [1.165, 1.54) is 18.4 Å². The highest BCUT2D eigenvalue weighted by Crippen LogP contribution is 2.44. The molecule has 0 radical (unpaired) electrons. The Hall–Kier alpha value is -2.15. The highest BCUT2D eigenvalue weighted by atomic mass is 14.6. The van der Waals surface area contributed by atoms with E-state index in [2.05, 4.69) is 157 Å². The fraction of sp³-hybridized carbons (Fsp3) is 0.595. The van der Waals surface area contributed by atoms with Crippen LogP contribution in [0.2, 0.25) is 0 Å². The van der Waals surface area contributed by atoms with Crippen LogP contribution in [0.3, 0.4) is 0 Å². The highest BCUT2D eigenvalue weighted by Gasteiger charge is 2.33. The molecule has 0 amide bonds. The van der Waals surface area contributed by atoms with Gasteiger partial charge in [0, 0.05) is 12.4 Å². The van der Waals surface area contributed by atoms with Crippen LogP contribution in [0.5, 0.6) is 0 Å². The van der Waals surface area contributed by atoms with E-state index in [1.807, 2.05) is 18.2 Å². The molecule has 1 heterocycles. The maximum Gasteiger partial charge on any atom is 0.0267 e. The zero-order valence-corrected chi connectivity index (χ0v) is 27.7. The number of rotatable bonds is 0. The molecule has 1 nitrogen and oxygen atoms in total. The number of hydrogen-bond donors (Lipinski definition) is 0. The van der Waals surface area contributed by atoms with E-state index in [1.54, 1.807) is 12.4 Å². The molecule has 1 fully saturated rings. The van der Waals surface area contributed by atoms with Gasteiger partial charge in [-0.2, -0.15) is 0 Å². The van der Waals surface area contributed by atoms with Crippen molar-refractivity contribution in [1.29, 1.82) is 0 Å². The van der Waals surface area contributed by atoms with Crippen LogP contribution in [-0.4, -0.2) is 4.98 Å². The standard InChI is InChI=1S/C10H14.C7H14.C5H5N.C5H6.2C5H12/c1-10(2,3)9-7-5-4-6-8-9;1-7(2,3)6-4-5-6;1-2-4-6-5-3-1;1-2-4-5-3-1;2*1-5(2,3)4/h4-8H,1-3H3;6H,4-5H2,1-3H3;1-5H;1-4H,5H2;2*1-4H3. The number of aromatic nitrogens is 1. The van der Waals surface area contributed by atoms with E-state index < -0.39 is 0 Å². The smallest absolute Gasteiger partial charge is 0.0267 e. The number of pyridine rings is 1. The van der Waals surface area contributed by atoms with Gasteiger partial charge in [-0.15, -0.1) is 0 Å². The third-order valence-corrected chi connectivity index (χ3v) is 4.66. The molecule has 2 aliphatic rings. The topological polar surface area (TPSA) is 12.9 Å². The van der Waals surface area contributed by atoms with Crippen LogP contribution in [0.15, 0.2) is 85.2 Å². The minimum atomic E-state index is 0.293. The first-order valence-corrected chi connectivity index (χ1v) is 14.4. The predicted octanol–water partition coefficient (Wildman–Crippen LogP) is 12.1. The van der Waals surface area contributed by atoms with Crippen LogP contribution in [0, 0.1) is 22.2 Å². The molecule has 0 aliphatic heterocycles. The largest absolute Gasteiger partial charge is 0.265 e. The minimum Gasteiger partial charge on any atom is -0.265 e. The molecular formula is C37H63N. The summed E-state index contributed by atoms with van der Waals surface area (Å²) < 4.78 is 0. The molecule has 0 N–H and O–H groups in total. The summed E-state index contributed by atoms with van der Waals surface area (Å²) in [6, 6.07) is 16.3. The third kappa shape index (κ3) is 36.0. The van der Waals surface area contributed by atoms with Crippen molar-refractivity contribution >= 4 is 0 Å². The molecule has 216 valence electrons. The Kier molecular flexibility index (Phi) is 19.0. The SMILES string of the molecule is C1=CCC=C1.CC(C)(C)C.CC(C)(C)C.CC(C)(C)C1CC1.CC(C)(C)c1ccccc1.c1ccncc1. The second-order valence-electron chi connectivity index (χ2n) is 15.4. The zero-order valence-electron chi connectivity index (χ0n) is 27.7. The van der Waals surface area contributed by atoms with E-state index in [-0.39, 0.29) is 0 Å². The monoisotopic (exact) mass is 521 g/mol. The molecule has 0 unspecified atom stereocenters. The molecule has 1 saturated carbocycles. The normalized spacial score (nSPS) is 13.9. The Morgan fingerprint density at radius 3 is 1.05 bits per heavy atom. The summed E-state index contributed by atoms with van der Waals surface area (Å²) in [6.45, 7) is 31.1. The van der Waals surface area contributed by atoms with Gasteiger partial charge in [0.15, 0.2) is 0 Å². The summed E-state index contributed by atoms with van der Waals surface area (Å²) in [5, 5.41) is 0. The highest BCUT2D eigenvalue weighted by molar-refractivity contribution is 5.22. The molecule has 2 aliphatic carbocycles. The lowest BCUT2D eigenvalue weighted by atomic mass is 9.87. The molecule has 0 atom stereocenters. The van der Waals surface area contributed by atoms with Gasteiger partial charge >= 0.3 is 0 Å². The van der Waals surface area contributed by atoms with Gasteiger partial charge in [0.05, 0.1) is 0 Å². The fourth-order valence-corrected chi connectivity index (χ4v) is 2.59. The number of benzene rings is 1. The minimum absolute atomic E-state index is 0.293. The molecule has 0 bridgehead atoms. The van der Waals surface area contributed by atoms with Gasteiger partial charge in [-0.3, -0.25) is 4.98 Å². The van der Waals surface area contributed by atoms with E-state index >= 15 is 0 Å². The van der Waals surface area contributed by atoms with Crippen LogP contribution < -0.4 is 0 Å². The van der Waals surface area contributed by atoms with Gasteiger partial charge < -0.3 is 0 Å². The van der Waals surface area contributed by atoms with Crippen molar-refractivity contribution in [2.45, 2.75) is 122 Å². The maximum atomic E-state index is 3.78.